The molecule has 0 fully saturated rings. The highest BCUT2D eigenvalue weighted by atomic mass is 32.2. The van der Waals surface area contributed by atoms with E-state index in [-0.39, 0.29) is 29.4 Å². The molecule has 0 saturated carbocycles. The summed E-state index contributed by atoms with van der Waals surface area (Å²) in [6, 6.07) is 13.1. The quantitative estimate of drug-likeness (QED) is 0.455. The second-order valence-electron chi connectivity index (χ2n) is 7.06. The van der Waals surface area contributed by atoms with Crippen LogP contribution in [0.25, 0.3) is 0 Å². The normalized spacial score (nSPS) is 15.6. The number of ether oxygens (including phenoxy) is 1. The summed E-state index contributed by atoms with van der Waals surface area (Å²) in [4.78, 5) is 25.2. The molecule has 1 amide bonds. The third-order valence-electron chi connectivity index (χ3n) is 4.71. The van der Waals surface area contributed by atoms with E-state index in [0.29, 0.717) is 22.2 Å². The summed E-state index contributed by atoms with van der Waals surface area (Å²) in [5.74, 6) is -0.995. The Morgan fingerprint density at radius 3 is 2.69 bits per heavy atom. The molecule has 1 aliphatic heterocycles. The summed E-state index contributed by atoms with van der Waals surface area (Å²) in [6.07, 6.45) is 2.96. The van der Waals surface area contributed by atoms with Gasteiger partial charge in [-0.25, -0.2) is 4.79 Å². The molecule has 7 nitrogen and oxygen atoms in total. The molecule has 0 radical (unpaired) electrons. The third-order valence-corrected chi connectivity index (χ3v) is 5.73. The number of anilines is 1. The van der Waals surface area contributed by atoms with E-state index in [0.717, 1.165) is 5.56 Å². The summed E-state index contributed by atoms with van der Waals surface area (Å²) in [7, 11) is 0. The van der Waals surface area contributed by atoms with Crippen LogP contribution < -0.4 is 10.6 Å². The predicted molar refractivity (Wildman–Crippen MR) is 123 cm³/mol. The van der Waals surface area contributed by atoms with Crippen molar-refractivity contribution in [3.05, 3.63) is 88.5 Å². The summed E-state index contributed by atoms with van der Waals surface area (Å²) < 4.78 is 10.8. The second kappa shape index (κ2) is 10.6. The lowest BCUT2D eigenvalue weighted by Gasteiger charge is -2.27. The maximum Gasteiger partial charge on any atom is 0.337 e. The number of nitrogens with one attached hydrogen (secondary N) is 2. The Bertz CT molecular complexity index is 1110. The number of thioether (sulfide) groups is 1. The number of carbonyl (C=O) groups excluding carboxylic acids is 2. The minimum atomic E-state index is -0.740. The van der Waals surface area contributed by atoms with Gasteiger partial charge < -0.3 is 19.8 Å². The first kappa shape index (κ1) is 23.0. The molecular formula is C24H23N3O4S. The highest BCUT2D eigenvalue weighted by Gasteiger charge is 2.37. The average molecular weight is 450 g/mol. The second-order valence-corrected chi connectivity index (χ2v) is 8.04. The maximum absolute atomic E-state index is 12.7. The number of nitrogens with zero attached hydrogens (tertiary/aromatic N) is 1. The summed E-state index contributed by atoms with van der Waals surface area (Å²) in [6.45, 7) is 7.30. The van der Waals surface area contributed by atoms with Crippen LogP contribution in [0.3, 0.4) is 0 Å². The van der Waals surface area contributed by atoms with Gasteiger partial charge in [0.1, 0.15) is 12.4 Å². The number of carbonyl (C=O) groups is 2. The van der Waals surface area contributed by atoms with Crippen LogP contribution in [0, 0.1) is 18.3 Å². The first-order valence-electron chi connectivity index (χ1n) is 9.87. The molecule has 1 aromatic carbocycles. The number of esters is 1. The van der Waals surface area contributed by atoms with Crippen molar-refractivity contribution >= 4 is 29.3 Å². The lowest BCUT2D eigenvalue weighted by molar-refractivity contribution is -0.138. The first-order chi connectivity index (χ1) is 15.4. The molecule has 0 aliphatic carbocycles. The lowest BCUT2D eigenvalue weighted by atomic mass is 9.86. The standard InChI is InChI=1S/C24H23N3O4S/c1-4-11-31-24(29)21-16(3)26-23(18(13-25)22(21)19-6-5-12-30-19)32-14-20(28)27-17-9-7-15(2)8-10-17/h4-10,12,22,26H,1,11,14H2,2-3H3,(H,27,28). The SMILES string of the molecule is C=CCOC(=O)C1=C(C)NC(SCC(=O)Nc2ccc(C)cc2)=C(C#N)C1c1ccco1. The van der Waals surface area contributed by atoms with Gasteiger partial charge >= 0.3 is 5.97 Å². The average Bonchev–Trinajstić information content (AvgIpc) is 3.31. The van der Waals surface area contributed by atoms with Crippen LogP contribution in [0.1, 0.15) is 24.2 Å². The monoisotopic (exact) mass is 449 g/mol. The van der Waals surface area contributed by atoms with Gasteiger partial charge in [-0.2, -0.15) is 5.26 Å². The van der Waals surface area contributed by atoms with Crippen LogP contribution in [-0.2, 0) is 14.3 Å². The number of furan rings is 1. The molecule has 1 atom stereocenters. The molecule has 1 aromatic heterocycles. The van der Waals surface area contributed by atoms with Gasteiger partial charge in [-0.05, 0) is 38.1 Å². The van der Waals surface area contributed by atoms with Gasteiger partial charge in [0.25, 0.3) is 0 Å². The van der Waals surface area contributed by atoms with Crippen LogP contribution in [0.4, 0.5) is 5.69 Å². The van der Waals surface area contributed by atoms with Crippen molar-refractivity contribution in [2.45, 2.75) is 19.8 Å². The summed E-state index contributed by atoms with van der Waals surface area (Å²) in [5, 5.41) is 16.3. The van der Waals surface area contributed by atoms with Crippen molar-refractivity contribution < 1.29 is 18.7 Å². The fourth-order valence-corrected chi connectivity index (χ4v) is 4.11. The van der Waals surface area contributed by atoms with E-state index in [1.807, 2.05) is 31.2 Å². The van der Waals surface area contributed by atoms with E-state index < -0.39 is 11.9 Å². The number of hydrogen-bond donors (Lipinski definition) is 2. The molecule has 0 saturated heterocycles. The Morgan fingerprint density at radius 1 is 1.31 bits per heavy atom. The van der Waals surface area contributed by atoms with E-state index in [2.05, 4.69) is 23.3 Å². The van der Waals surface area contributed by atoms with Gasteiger partial charge in [0, 0.05) is 11.4 Å². The van der Waals surface area contributed by atoms with Gasteiger partial charge in [-0.3, -0.25) is 4.79 Å². The first-order valence-corrected chi connectivity index (χ1v) is 10.9. The van der Waals surface area contributed by atoms with Crippen molar-refractivity contribution in [1.82, 2.24) is 5.32 Å². The molecule has 1 aliphatic rings. The minimum absolute atomic E-state index is 0.0485. The van der Waals surface area contributed by atoms with Gasteiger partial charge in [-0.15, -0.1) is 0 Å². The summed E-state index contributed by atoms with van der Waals surface area (Å²) >= 11 is 1.19. The number of nitriles is 1. The molecule has 2 heterocycles. The largest absolute Gasteiger partial charge is 0.468 e. The van der Waals surface area contributed by atoms with Gasteiger partial charge in [0.05, 0.1) is 40.2 Å². The van der Waals surface area contributed by atoms with Crippen LogP contribution in [0.2, 0.25) is 0 Å². The van der Waals surface area contributed by atoms with Crippen molar-refractivity contribution in [2.24, 2.45) is 0 Å². The molecular weight excluding hydrogens is 426 g/mol. The van der Waals surface area contributed by atoms with Gasteiger partial charge in [-0.1, -0.05) is 42.1 Å². The number of amides is 1. The third kappa shape index (κ3) is 5.31. The highest BCUT2D eigenvalue weighted by molar-refractivity contribution is 8.03. The fourth-order valence-electron chi connectivity index (χ4n) is 3.22. The predicted octanol–water partition coefficient (Wildman–Crippen LogP) is 4.39. The number of rotatable bonds is 8. The van der Waals surface area contributed by atoms with Crippen molar-refractivity contribution in [1.29, 1.82) is 5.26 Å². The zero-order valence-corrected chi connectivity index (χ0v) is 18.6. The Hall–Kier alpha value is -3.70. The molecule has 2 aromatic rings. The zero-order chi connectivity index (χ0) is 23.1. The van der Waals surface area contributed by atoms with Crippen LogP contribution in [-0.4, -0.2) is 24.2 Å². The number of allylic oxidation sites excluding steroid dienone is 2. The van der Waals surface area contributed by atoms with E-state index in [4.69, 9.17) is 9.15 Å². The minimum Gasteiger partial charge on any atom is -0.468 e. The molecule has 8 heteroatoms. The summed E-state index contributed by atoms with van der Waals surface area (Å²) in [5.41, 5.74) is 2.89. The lowest BCUT2D eigenvalue weighted by Crippen LogP contribution is -2.29. The molecule has 0 spiro atoms. The zero-order valence-electron chi connectivity index (χ0n) is 17.8. The van der Waals surface area contributed by atoms with Crippen molar-refractivity contribution in [3.8, 4) is 6.07 Å². The van der Waals surface area contributed by atoms with Crippen molar-refractivity contribution in [3.63, 3.8) is 0 Å². The maximum atomic E-state index is 12.7. The Morgan fingerprint density at radius 2 is 2.06 bits per heavy atom. The number of hydrogen-bond acceptors (Lipinski definition) is 7. The topological polar surface area (TPSA) is 104 Å². The van der Waals surface area contributed by atoms with E-state index in [9.17, 15) is 14.9 Å². The van der Waals surface area contributed by atoms with Gasteiger partial charge in [0.2, 0.25) is 5.91 Å². The highest BCUT2D eigenvalue weighted by Crippen LogP contribution is 2.41. The van der Waals surface area contributed by atoms with Gasteiger partial charge in [0.15, 0.2) is 0 Å². The molecule has 3 rings (SSSR count). The Balaban J connectivity index is 1.83. The van der Waals surface area contributed by atoms with Crippen molar-refractivity contribution in [2.75, 3.05) is 17.7 Å². The molecule has 32 heavy (non-hydrogen) atoms. The van der Waals surface area contributed by atoms with E-state index in [1.165, 1.54) is 24.1 Å². The molecule has 2 N–H and O–H groups in total. The Labute approximate surface area is 190 Å². The van der Waals surface area contributed by atoms with Crippen LogP contribution in [0.15, 0.2) is 81.6 Å². The smallest absolute Gasteiger partial charge is 0.337 e. The van der Waals surface area contributed by atoms with Crippen LogP contribution >= 0.6 is 11.8 Å². The number of benzene rings is 1. The molecule has 0 bridgehead atoms. The van der Waals surface area contributed by atoms with E-state index in [1.54, 1.807) is 19.1 Å². The number of aryl methyl sites for hydroxylation is 1. The molecule has 164 valence electrons. The molecule has 1 unspecified atom stereocenters. The van der Waals surface area contributed by atoms with E-state index >= 15 is 0 Å². The number of dihydropyridines is 1. The van der Waals surface area contributed by atoms with Crippen LogP contribution in [0.5, 0.6) is 0 Å². The Kier molecular flexibility index (Phi) is 7.58. The fraction of sp³-hybridized carbons (Fsp3) is 0.208.